The zero-order valence-electron chi connectivity index (χ0n) is 2.74. The van der Waals surface area contributed by atoms with Crippen molar-refractivity contribution >= 4 is 65.2 Å². The summed E-state index contributed by atoms with van der Waals surface area (Å²) in [6.07, 6.45) is 0. The first kappa shape index (κ1) is 12.0. The Morgan fingerprint density at radius 3 is 1.17 bits per heavy atom. The molecule has 0 aromatic carbocycles. The van der Waals surface area contributed by atoms with Gasteiger partial charge in [0.2, 0.25) is 0 Å². The van der Waals surface area contributed by atoms with Crippen LogP contribution < -0.4 is 0 Å². The van der Waals surface area contributed by atoms with Gasteiger partial charge in [-0.25, -0.2) is 0 Å². The van der Waals surface area contributed by atoms with Crippen molar-refractivity contribution in [3.8, 4) is 0 Å². The van der Waals surface area contributed by atoms with Crippen molar-refractivity contribution in [2.45, 2.75) is 0 Å². The summed E-state index contributed by atoms with van der Waals surface area (Å²) in [5.74, 6) is 0. The summed E-state index contributed by atoms with van der Waals surface area (Å²) in [7, 11) is 0. The molecule has 5 heteroatoms. The summed E-state index contributed by atoms with van der Waals surface area (Å²) in [5, 5.41) is 3.90. The van der Waals surface area contributed by atoms with Crippen LogP contribution in [0.25, 0.3) is 0 Å². The van der Waals surface area contributed by atoms with E-state index >= 15 is 0 Å². The first-order chi connectivity index (χ1) is 2.00. The van der Waals surface area contributed by atoms with Gasteiger partial charge >= 0.3 is 68.5 Å². The molecule has 0 heterocycles. The van der Waals surface area contributed by atoms with Crippen molar-refractivity contribution < 1.29 is 21.9 Å². The van der Waals surface area contributed by atoms with Gasteiger partial charge in [-0.1, -0.05) is 0 Å². The van der Waals surface area contributed by atoms with Crippen LogP contribution in [0.1, 0.15) is 0 Å². The van der Waals surface area contributed by atoms with Crippen LogP contribution in [0.5, 0.6) is 0 Å². The molecular weight excluding hydrogens is 495 g/mol. The molecule has 0 aliphatic rings. The molecule has 0 fully saturated rings. The van der Waals surface area contributed by atoms with Gasteiger partial charge in [0, 0.05) is 18.6 Å². The summed E-state index contributed by atoms with van der Waals surface area (Å²) in [5.41, 5.74) is 0. The monoisotopic (exact) mass is 497 g/mol. The molecule has 0 spiro atoms. The third-order valence-electron chi connectivity index (χ3n) is 0. The van der Waals surface area contributed by atoms with Crippen LogP contribution in [0.15, 0.2) is 0 Å². The topological polar surface area (TPSA) is 0 Å². The first-order valence-corrected chi connectivity index (χ1v) is 15.3. The predicted molar refractivity (Wildman–Crippen MR) is 49.2 cm³/mol. The zero-order valence-corrected chi connectivity index (χ0v) is 12.0. The van der Waals surface area contributed by atoms with Crippen LogP contribution in [-0.2, 0) is 21.9 Å². The van der Waals surface area contributed by atoms with Gasteiger partial charge in [-0.05, 0) is 0 Å². The maximum Gasteiger partial charge on any atom is 0 e. The molecule has 0 rings (SSSR count). The first-order valence-electron chi connectivity index (χ1n) is 0.823. The van der Waals surface area contributed by atoms with E-state index in [4.69, 9.17) is 0 Å². The average molecular weight is 497 g/mol. The number of halogens is 3. The van der Waals surface area contributed by atoms with Crippen LogP contribution in [0.2, 0.25) is 0 Å². The van der Waals surface area contributed by atoms with Crippen LogP contribution >= 0.6 is 59.9 Å². The smallest absolute Gasteiger partial charge is 0 e. The molecular formula is CH2I3V2. The minimum absolute atomic E-state index is 0. The molecule has 0 unspecified atom stereocenters. The maximum absolute atomic E-state index is 3.90. The van der Waals surface area contributed by atoms with E-state index in [0.29, 0.717) is 0 Å². The normalized spacial score (nSPS) is 9.83. The average Bonchev–Trinajstić information content (AvgIpc) is 0.722. The molecule has 0 saturated carbocycles. The van der Waals surface area contributed by atoms with Crippen molar-refractivity contribution in [3.05, 3.63) is 0 Å². The molecule has 0 aromatic heterocycles. The molecule has 0 aliphatic heterocycles. The predicted octanol–water partition coefficient (Wildman–Crippen LogP) is 2.62. The number of rotatable bonds is 0. The minimum atomic E-state index is -1.22. The number of hydrogen-bond acceptors (Lipinski definition) is 0. The van der Waals surface area contributed by atoms with E-state index in [1.54, 1.807) is 0 Å². The molecule has 0 saturated heterocycles. The number of hydrogen-bond donors (Lipinski definition) is 0. The third-order valence-corrected chi connectivity index (χ3v) is 0. The van der Waals surface area contributed by atoms with E-state index < -0.39 is 3.34 Å². The van der Waals surface area contributed by atoms with E-state index in [1.165, 1.54) is 0 Å². The second-order valence-corrected chi connectivity index (χ2v) is 45.5. The summed E-state index contributed by atoms with van der Waals surface area (Å²) < 4.78 is -1.22. The van der Waals surface area contributed by atoms with Crippen LogP contribution in [0.3, 0.4) is 0 Å². The van der Waals surface area contributed by atoms with Crippen molar-refractivity contribution in [2.75, 3.05) is 0 Å². The Labute approximate surface area is 84.8 Å². The second-order valence-electron chi connectivity index (χ2n) is 0.550. The van der Waals surface area contributed by atoms with Crippen LogP contribution in [0, 0.1) is 0 Å². The second kappa shape index (κ2) is 5.05. The Hall–Kier alpha value is 3.23. The van der Waals surface area contributed by atoms with Crippen molar-refractivity contribution in [1.82, 2.24) is 0 Å². The Kier molecular flexibility index (Phi) is 10.1. The van der Waals surface area contributed by atoms with E-state index in [1.807, 2.05) is 0 Å². The fourth-order valence-electron chi connectivity index (χ4n) is 0. The van der Waals surface area contributed by atoms with Gasteiger partial charge in [0.25, 0.3) is 0 Å². The zero-order chi connectivity index (χ0) is 4.50. The molecule has 0 aromatic rings. The largest absolute Gasteiger partial charge is 0 e. The Balaban J connectivity index is 0. The van der Waals surface area contributed by atoms with E-state index in [0.717, 1.165) is 0 Å². The Morgan fingerprint density at radius 1 is 1.17 bits per heavy atom. The Bertz CT molecular complexity index is 54.9. The van der Waals surface area contributed by atoms with Gasteiger partial charge in [-0.2, -0.15) is 0 Å². The van der Waals surface area contributed by atoms with Gasteiger partial charge in [0.1, 0.15) is 0 Å². The molecule has 0 atom stereocenters. The van der Waals surface area contributed by atoms with Gasteiger partial charge in [-0.3, -0.25) is 0 Å². The van der Waals surface area contributed by atoms with Crippen molar-refractivity contribution in [2.24, 2.45) is 0 Å². The third kappa shape index (κ3) is 26.9. The fourth-order valence-corrected chi connectivity index (χ4v) is 0. The van der Waals surface area contributed by atoms with Gasteiger partial charge in [0.15, 0.2) is 0 Å². The summed E-state index contributed by atoms with van der Waals surface area (Å²) in [4.78, 5) is 0. The van der Waals surface area contributed by atoms with E-state index in [-0.39, 0.29) is 18.6 Å². The van der Waals surface area contributed by atoms with Crippen LogP contribution in [-0.4, -0.2) is 5.23 Å². The molecule has 6 heavy (non-hydrogen) atoms. The van der Waals surface area contributed by atoms with Gasteiger partial charge in [0.05, 0.1) is 0 Å². The molecule has 0 bridgehead atoms. The summed E-state index contributed by atoms with van der Waals surface area (Å²) in [6.45, 7) is 0. The molecule has 0 nitrogen and oxygen atoms in total. The standard InChI is InChI=1S/CH2.3HI.2V/h1H2;3*1H;;/q;;;;;+3/p-3. The SMILES string of the molecule is [CH2]=[V]([I])([I])[I].[V]. The van der Waals surface area contributed by atoms with Crippen molar-refractivity contribution in [3.63, 3.8) is 0 Å². The molecule has 1 radical (unpaired) electrons. The van der Waals surface area contributed by atoms with Crippen molar-refractivity contribution in [1.29, 1.82) is 0 Å². The minimum Gasteiger partial charge on any atom is 0 e. The van der Waals surface area contributed by atoms with E-state index in [9.17, 15) is 0 Å². The van der Waals surface area contributed by atoms with Crippen LogP contribution in [0.4, 0.5) is 0 Å². The molecule has 0 N–H and O–H groups in total. The van der Waals surface area contributed by atoms with Gasteiger partial charge < -0.3 is 0 Å². The summed E-state index contributed by atoms with van der Waals surface area (Å²) in [6, 6.07) is 0. The van der Waals surface area contributed by atoms with E-state index in [2.05, 4.69) is 65.2 Å². The molecule has 37 valence electrons. The molecule has 0 aliphatic carbocycles. The maximum atomic E-state index is 3.90. The fraction of sp³-hybridized carbons (Fsp3) is 0. The molecule has 0 amide bonds. The quantitative estimate of drug-likeness (QED) is 0.453. The Morgan fingerprint density at radius 2 is 1.17 bits per heavy atom. The van der Waals surface area contributed by atoms with Gasteiger partial charge in [-0.15, -0.1) is 0 Å². The summed E-state index contributed by atoms with van der Waals surface area (Å²) >= 11 is 7.23.